The third kappa shape index (κ3) is 6.28. The van der Waals surface area contributed by atoms with Crippen LogP contribution in [0.2, 0.25) is 0 Å². The fraction of sp³-hybridized carbons (Fsp3) is 0.484. The number of carbonyl (C=O) groups is 2. The van der Waals surface area contributed by atoms with Gasteiger partial charge in [-0.25, -0.2) is 0 Å². The molecule has 0 aromatic heterocycles. The smallest absolute Gasteiger partial charge is 0.295 e. The molecule has 2 aromatic carbocycles. The van der Waals surface area contributed by atoms with Gasteiger partial charge in [0, 0.05) is 31.7 Å². The molecule has 41 heavy (non-hydrogen) atoms. The highest BCUT2D eigenvalue weighted by molar-refractivity contribution is 6.46. The van der Waals surface area contributed by atoms with Crippen molar-refractivity contribution in [3.8, 4) is 23.0 Å². The topological polar surface area (TPSA) is 107 Å². The van der Waals surface area contributed by atoms with Crippen molar-refractivity contribution < 1.29 is 38.4 Å². The number of ether oxygens (including phenoxy) is 5. The van der Waals surface area contributed by atoms with E-state index in [9.17, 15) is 14.7 Å². The maximum Gasteiger partial charge on any atom is 0.295 e. The maximum absolute atomic E-state index is 13.5. The van der Waals surface area contributed by atoms with Gasteiger partial charge in [0.25, 0.3) is 11.7 Å². The fourth-order valence-corrected chi connectivity index (χ4v) is 5.39. The number of aliphatic hydroxyl groups excluding tert-OH is 1. The van der Waals surface area contributed by atoms with Crippen LogP contribution in [0, 0.1) is 0 Å². The van der Waals surface area contributed by atoms with Crippen molar-refractivity contribution in [2.75, 3.05) is 65.8 Å². The molecule has 10 heteroatoms. The SMILES string of the molecule is CCCOc1ccc([C@@H]2C(=C(O)c3ccc4c(c3)OCCO4)C(=O)C(=O)N2CCCN2CCOCC2)cc1OCC. The Labute approximate surface area is 240 Å². The molecular formula is C31H38N2O8. The summed E-state index contributed by atoms with van der Waals surface area (Å²) in [6.07, 6.45) is 1.51. The van der Waals surface area contributed by atoms with E-state index in [0.717, 1.165) is 26.1 Å². The summed E-state index contributed by atoms with van der Waals surface area (Å²) in [5.41, 5.74) is 1.06. The van der Waals surface area contributed by atoms with Gasteiger partial charge < -0.3 is 33.7 Å². The van der Waals surface area contributed by atoms with Gasteiger partial charge in [-0.05, 0) is 55.7 Å². The number of aliphatic hydroxyl groups is 1. The Morgan fingerprint density at radius 2 is 1.71 bits per heavy atom. The number of amides is 1. The zero-order chi connectivity index (χ0) is 28.8. The molecule has 2 aromatic rings. The second kappa shape index (κ2) is 13.3. The van der Waals surface area contributed by atoms with Gasteiger partial charge in [-0.2, -0.15) is 0 Å². The summed E-state index contributed by atoms with van der Waals surface area (Å²) >= 11 is 0. The van der Waals surface area contributed by atoms with Crippen LogP contribution in [0.4, 0.5) is 0 Å². The zero-order valence-electron chi connectivity index (χ0n) is 23.7. The monoisotopic (exact) mass is 566 g/mol. The molecule has 1 N–H and O–H groups in total. The van der Waals surface area contributed by atoms with E-state index in [0.29, 0.717) is 86.7 Å². The summed E-state index contributed by atoms with van der Waals surface area (Å²) in [4.78, 5) is 30.9. The van der Waals surface area contributed by atoms with Crippen molar-refractivity contribution in [2.24, 2.45) is 0 Å². The minimum Gasteiger partial charge on any atom is -0.507 e. The molecule has 3 aliphatic heterocycles. The van der Waals surface area contributed by atoms with Crippen LogP contribution in [-0.2, 0) is 14.3 Å². The molecule has 1 amide bonds. The van der Waals surface area contributed by atoms with Crippen LogP contribution in [0.3, 0.4) is 0 Å². The summed E-state index contributed by atoms with van der Waals surface area (Å²) in [6.45, 7) is 9.86. The molecule has 2 fully saturated rings. The predicted molar refractivity (Wildman–Crippen MR) is 152 cm³/mol. The van der Waals surface area contributed by atoms with Crippen LogP contribution in [0.15, 0.2) is 42.0 Å². The first kappa shape index (κ1) is 28.8. The molecule has 0 saturated carbocycles. The molecule has 1 atom stereocenters. The molecule has 0 unspecified atom stereocenters. The quantitative estimate of drug-likeness (QED) is 0.247. The molecule has 0 aliphatic carbocycles. The highest BCUT2D eigenvalue weighted by Crippen LogP contribution is 2.43. The van der Waals surface area contributed by atoms with Crippen LogP contribution < -0.4 is 18.9 Å². The number of nitrogens with zero attached hydrogens (tertiary/aromatic N) is 2. The minimum atomic E-state index is -0.799. The number of likely N-dealkylation sites (tertiary alicyclic amines) is 1. The largest absolute Gasteiger partial charge is 0.507 e. The van der Waals surface area contributed by atoms with Gasteiger partial charge in [-0.15, -0.1) is 0 Å². The summed E-state index contributed by atoms with van der Waals surface area (Å²) < 4.78 is 28.5. The number of hydrogen-bond acceptors (Lipinski definition) is 9. The summed E-state index contributed by atoms with van der Waals surface area (Å²) in [5.74, 6) is 0.540. The highest BCUT2D eigenvalue weighted by Gasteiger charge is 2.46. The molecule has 3 aliphatic rings. The van der Waals surface area contributed by atoms with Crippen LogP contribution >= 0.6 is 0 Å². The Kier molecular flexibility index (Phi) is 9.31. The first-order valence-electron chi connectivity index (χ1n) is 14.4. The lowest BCUT2D eigenvalue weighted by Gasteiger charge is -2.29. The van der Waals surface area contributed by atoms with Crippen molar-refractivity contribution in [3.63, 3.8) is 0 Å². The van der Waals surface area contributed by atoms with E-state index in [-0.39, 0.29) is 11.3 Å². The Morgan fingerprint density at radius 3 is 2.46 bits per heavy atom. The summed E-state index contributed by atoms with van der Waals surface area (Å²) in [5, 5.41) is 11.5. The normalized spacial score (nSPS) is 20.3. The second-order valence-corrected chi connectivity index (χ2v) is 10.1. The van der Waals surface area contributed by atoms with Gasteiger partial charge in [0.1, 0.15) is 19.0 Å². The standard InChI is InChI=1S/C31H38N2O8/c1-3-14-39-23-8-6-21(19-25(23)38-4-2)28-27(29(34)22-7-9-24-26(20-22)41-18-17-40-24)30(35)31(36)33(28)11-5-10-32-12-15-37-16-13-32/h6-9,19-20,28,34H,3-5,10-18H2,1-2H3/t28-/m1/s1. The summed E-state index contributed by atoms with van der Waals surface area (Å²) in [7, 11) is 0. The number of morpholine rings is 1. The van der Waals surface area contributed by atoms with Gasteiger partial charge >= 0.3 is 0 Å². The van der Waals surface area contributed by atoms with Gasteiger partial charge in [0.05, 0.1) is 38.0 Å². The molecule has 0 radical (unpaired) electrons. The van der Waals surface area contributed by atoms with E-state index in [4.69, 9.17) is 23.7 Å². The van der Waals surface area contributed by atoms with E-state index >= 15 is 0 Å². The number of ketones is 1. The fourth-order valence-electron chi connectivity index (χ4n) is 5.39. The van der Waals surface area contributed by atoms with Crippen molar-refractivity contribution >= 4 is 17.4 Å². The number of benzene rings is 2. The molecule has 2 saturated heterocycles. The zero-order valence-corrected chi connectivity index (χ0v) is 23.7. The van der Waals surface area contributed by atoms with Gasteiger partial charge in [-0.1, -0.05) is 13.0 Å². The first-order valence-corrected chi connectivity index (χ1v) is 14.4. The Bertz CT molecular complexity index is 1290. The van der Waals surface area contributed by atoms with E-state index in [1.165, 1.54) is 0 Å². The van der Waals surface area contributed by atoms with Crippen LogP contribution in [-0.4, -0.2) is 92.4 Å². The van der Waals surface area contributed by atoms with Crippen LogP contribution in [0.25, 0.3) is 5.76 Å². The molecule has 0 spiro atoms. The average Bonchev–Trinajstić information content (AvgIpc) is 3.25. The van der Waals surface area contributed by atoms with Crippen molar-refractivity contribution in [1.29, 1.82) is 0 Å². The van der Waals surface area contributed by atoms with Gasteiger partial charge in [0.15, 0.2) is 23.0 Å². The lowest BCUT2D eigenvalue weighted by molar-refractivity contribution is -0.140. The third-order valence-corrected chi connectivity index (χ3v) is 7.38. The molecule has 5 rings (SSSR count). The summed E-state index contributed by atoms with van der Waals surface area (Å²) in [6, 6.07) is 9.64. The lowest BCUT2D eigenvalue weighted by atomic mass is 9.94. The number of Topliss-reactive ketones (excluding diaryl/α,β-unsaturated/α-hetero) is 1. The molecule has 10 nitrogen and oxygen atoms in total. The average molecular weight is 567 g/mol. The molecule has 220 valence electrons. The maximum atomic E-state index is 13.5. The molecular weight excluding hydrogens is 528 g/mol. The molecule has 3 heterocycles. The van der Waals surface area contributed by atoms with Gasteiger partial charge in [-0.3, -0.25) is 14.5 Å². The molecule has 0 bridgehead atoms. The van der Waals surface area contributed by atoms with E-state index in [1.807, 2.05) is 19.9 Å². The number of rotatable bonds is 11. The Morgan fingerprint density at radius 1 is 0.927 bits per heavy atom. The van der Waals surface area contributed by atoms with Crippen molar-refractivity contribution in [2.45, 2.75) is 32.7 Å². The van der Waals surface area contributed by atoms with Crippen molar-refractivity contribution in [3.05, 3.63) is 53.1 Å². The number of fused-ring (bicyclic) bond motifs is 1. The minimum absolute atomic E-state index is 0.0303. The van der Waals surface area contributed by atoms with Gasteiger partial charge in [0.2, 0.25) is 0 Å². The number of carbonyl (C=O) groups excluding carboxylic acids is 2. The Hall–Kier alpha value is -3.76. The van der Waals surface area contributed by atoms with E-state index in [2.05, 4.69) is 4.90 Å². The first-order chi connectivity index (χ1) is 20.0. The van der Waals surface area contributed by atoms with Crippen molar-refractivity contribution in [1.82, 2.24) is 9.80 Å². The second-order valence-electron chi connectivity index (χ2n) is 10.1. The van der Waals surface area contributed by atoms with Crippen LogP contribution in [0.1, 0.15) is 43.9 Å². The Balaban J connectivity index is 1.52. The van der Waals surface area contributed by atoms with Crippen LogP contribution in [0.5, 0.6) is 23.0 Å². The third-order valence-electron chi connectivity index (χ3n) is 7.38. The van der Waals surface area contributed by atoms with E-state index in [1.54, 1.807) is 35.2 Å². The van der Waals surface area contributed by atoms with E-state index < -0.39 is 17.7 Å². The lowest BCUT2D eigenvalue weighted by Crippen LogP contribution is -2.39. The highest BCUT2D eigenvalue weighted by atomic mass is 16.6. The predicted octanol–water partition coefficient (Wildman–Crippen LogP) is 3.79. The number of hydrogen-bond donors (Lipinski definition) is 1.